The summed E-state index contributed by atoms with van der Waals surface area (Å²) in [5.74, 6) is 1.86. The first kappa shape index (κ1) is 35.5. The molecule has 0 aliphatic rings. The maximum absolute atomic E-state index is 5.22. The van der Waals surface area contributed by atoms with Gasteiger partial charge in [-0.3, -0.25) is 0 Å². The minimum atomic E-state index is 0.606. The molecule has 0 aliphatic heterocycles. The van der Waals surface area contributed by atoms with E-state index in [4.69, 9.17) is 15.0 Å². The molecule has 9 aromatic carbocycles. The molecule has 0 fully saturated rings. The van der Waals surface area contributed by atoms with Gasteiger partial charge in [-0.15, -0.1) is 0 Å². The second-order valence-electron chi connectivity index (χ2n) is 15.6. The fourth-order valence-corrected chi connectivity index (χ4v) is 9.16. The van der Waals surface area contributed by atoms with E-state index in [2.05, 4.69) is 197 Å². The summed E-state index contributed by atoms with van der Waals surface area (Å²) in [7, 11) is 0. The van der Waals surface area contributed by atoms with E-state index in [1.807, 2.05) is 36.4 Å². The molecule has 5 nitrogen and oxygen atoms in total. The van der Waals surface area contributed by atoms with Crippen LogP contribution in [0.1, 0.15) is 0 Å². The molecule has 0 N–H and O–H groups in total. The summed E-state index contributed by atoms with van der Waals surface area (Å²) in [4.78, 5) is 15.5. The van der Waals surface area contributed by atoms with Crippen molar-refractivity contribution in [2.24, 2.45) is 0 Å². The van der Waals surface area contributed by atoms with Gasteiger partial charge in [-0.25, -0.2) is 15.0 Å². The van der Waals surface area contributed by atoms with Crippen molar-refractivity contribution in [3.8, 4) is 67.8 Å². The molecule has 0 saturated heterocycles. The molecule has 0 atom stereocenters. The number of rotatable bonds is 7. The molecule has 0 saturated carbocycles. The third-order valence-corrected chi connectivity index (χ3v) is 12.0. The fourth-order valence-electron chi connectivity index (χ4n) is 9.16. The van der Waals surface area contributed by atoms with E-state index in [0.29, 0.717) is 17.5 Å². The van der Waals surface area contributed by atoms with E-state index in [1.54, 1.807) is 0 Å². The first-order chi connectivity index (χ1) is 30.8. The number of aromatic nitrogens is 5. The van der Waals surface area contributed by atoms with Crippen LogP contribution in [0.25, 0.3) is 111 Å². The molecule has 0 spiro atoms. The molecular weight excluding hydrogens is 755 g/mol. The number of nitrogens with zero attached hydrogens (tertiary/aromatic N) is 5. The van der Waals surface area contributed by atoms with Crippen molar-refractivity contribution in [3.05, 3.63) is 224 Å². The summed E-state index contributed by atoms with van der Waals surface area (Å²) in [5, 5.41) is 4.85. The van der Waals surface area contributed by atoms with E-state index >= 15 is 0 Å². The van der Waals surface area contributed by atoms with Crippen LogP contribution in [-0.4, -0.2) is 24.1 Å². The molecule has 0 unspecified atom stereocenters. The van der Waals surface area contributed by atoms with Crippen LogP contribution in [0.4, 0.5) is 0 Å². The zero-order valence-corrected chi connectivity index (χ0v) is 33.6. The minimum absolute atomic E-state index is 0.606. The zero-order valence-electron chi connectivity index (χ0n) is 33.6. The number of hydrogen-bond acceptors (Lipinski definition) is 3. The van der Waals surface area contributed by atoms with Crippen LogP contribution in [0, 0.1) is 0 Å². The first-order valence-corrected chi connectivity index (χ1v) is 21.0. The lowest BCUT2D eigenvalue weighted by Gasteiger charge is -2.21. The summed E-state index contributed by atoms with van der Waals surface area (Å²) in [6.07, 6.45) is 0. The lowest BCUT2D eigenvalue weighted by Crippen LogP contribution is -2.04. The van der Waals surface area contributed by atoms with Crippen LogP contribution < -0.4 is 0 Å². The highest BCUT2D eigenvalue weighted by molar-refractivity contribution is 6.13. The number of para-hydroxylation sites is 3. The van der Waals surface area contributed by atoms with E-state index < -0.39 is 0 Å². The molecular formula is C57H37N5. The van der Waals surface area contributed by atoms with Gasteiger partial charge in [0.25, 0.3) is 0 Å². The summed E-state index contributed by atoms with van der Waals surface area (Å²) >= 11 is 0. The summed E-state index contributed by atoms with van der Waals surface area (Å²) in [5.41, 5.74) is 13.9. The predicted molar refractivity (Wildman–Crippen MR) is 256 cm³/mol. The Morgan fingerprint density at radius 1 is 0.258 bits per heavy atom. The Balaban J connectivity index is 1.19. The highest BCUT2D eigenvalue weighted by Crippen LogP contribution is 2.44. The van der Waals surface area contributed by atoms with Crippen LogP contribution in [-0.2, 0) is 0 Å². The van der Waals surface area contributed by atoms with Crippen molar-refractivity contribution >= 4 is 43.6 Å². The van der Waals surface area contributed by atoms with Crippen LogP contribution in [0.15, 0.2) is 224 Å². The lowest BCUT2D eigenvalue weighted by atomic mass is 9.92. The van der Waals surface area contributed by atoms with E-state index in [9.17, 15) is 0 Å². The zero-order chi connectivity index (χ0) is 41.0. The average molecular weight is 792 g/mol. The van der Waals surface area contributed by atoms with E-state index in [0.717, 1.165) is 61.4 Å². The number of benzene rings is 9. The maximum Gasteiger partial charge on any atom is 0.164 e. The van der Waals surface area contributed by atoms with Gasteiger partial charge in [0.1, 0.15) is 0 Å². The molecule has 0 bridgehead atoms. The highest BCUT2D eigenvalue weighted by atomic mass is 15.0. The molecule has 0 amide bonds. The Hall–Kier alpha value is -8.41. The van der Waals surface area contributed by atoms with Crippen LogP contribution in [0.2, 0.25) is 0 Å². The van der Waals surface area contributed by atoms with Gasteiger partial charge in [-0.2, -0.15) is 0 Å². The summed E-state index contributed by atoms with van der Waals surface area (Å²) in [6, 6.07) is 79.4. The van der Waals surface area contributed by atoms with Crippen LogP contribution in [0.3, 0.4) is 0 Å². The van der Waals surface area contributed by atoms with Gasteiger partial charge in [0, 0.05) is 55.0 Å². The SMILES string of the molecule is c1ccc(-c2nc(-c3ccccc3)nc(-c3cc(-c4ccccc4)c(-n4c5ccccc5c5ccc(-n6c7ccccc7c7ccccc76)cc54)c(-c4ccccc4)c3)n2)cc1. The number of hydrogen-bond donors (Lipinski definition) is 0. The second kappa shape index (κ2) is 14.7. The Bertz CT molecular complexity index is 3440. The molecule has 12 rings (SSSR count). The molecule has 3 aromatic heterocycles. The van der Waals surface area contributed by atoms with Crippen LogP contribution >= 0.6 is 0 Å². The largest absolute Gasteiger partial charge is 0.309 e. The predicted octanol–water partition coefficient (Wildman–Crippen LogP) is 14.4. The van der Waals surface area contributed by atoms with E-state index in [1.165, 1.54) is 32.6 Å². The first-order valence-electron chi connectivity index (χ1n) is 21.0. The van der Waals surface area contributed by atoms with Gasteiger partial charge >= 0.3 is 0 Å². The van der Waals surface area contributed by atoms with E-state index in [-0.39, 0.29) is 0 Å². The van der Waals surface area contributed by atoms with Gasteiger partial charge < -0.3 is 9.13 Å². The van der Waals surface area contributed by atoms with Crippen molar-refractivity contribution in [1.29, 1.82) is 0 Å². The van der Waals surface area contributed by atoms with Crippen LogP contribution in [0.5, 0.6) is 0 Å². The molecule has 290 valence electrons. The Morgan fingerprint density at radius 3 is 1.06 bits per heavy atom. The summed E-state index contributed by atoms with van der Waals surface area (Å²) in [6.45, 7) is 0. The van der Waals surface area contributed by atoms with Gasteiger partial charge in [-0.1, -0.05) is 182 Å². The summed E-state index contributed by atoms with van der Waals surface area (Å²) < 4.78 is 4.88. The highest BCUT2D eigenvalue weighted by Gasteiger charge is 2.24. The fraction of sp³-hybridized carbons (Fsp3) is 0. The maximum atomic E-state index is 5.22. The van der Waals surface area contributed by atoms with Crippen molar-refractivity contribution in [2.75, 3.05) is 0 Å². The topological polar surface area (TPSA) is 48.5 Å². The molecule has 3 heterocycles. The van der Waals surface area contributed by atoms with Gasteiger partial charge in [0.2, 0.25) is 0 Å². The molecule has 5 heteroatoms. The van der Waals surface area contributed by atoms with Gasteiger partial charge in [0.15, 0.2) is 17.5 Å². The third kappa shape index (κ3) is 5.90. The Kier molecular flexibility index (Phi) is 8.42. The molecule has 62 heavy (non-hydrogen) atoms. The monoisotopic (exact) mass is 791 g/mol. The Labute approximate surface area is 358 Å². The van der Waals surface area contributed by atoms with Gasteiger partial charge in [-0.05, 0) is 53.6 Å². The smallest absolute Gasteiger partial charge is 0.164 e. The number of fused-ring (bicyclic) bond motifs is 6. The Morgan fingerprint density at radius 2 is 0.613 bits per heavy atom. The standard InChI is InChI=1S/C57H37N5/c1-5-19-38(20-6-1)48-35-42(57-59-55(40-23-9-3-10-24-40)58-56(60-57)41-25-11-4-12-26-41)36-49(39-21-7-2-8-22-39)54(48)62-52-32-18-15-29-46(52)47-34-33-43(37-53(47)62)61-50-30-16-13-27-44(50)45-28-14-17-31-51(45)61/h1-37H. The third-order valence-electron chi connectivity index (χ3n) is 12.0. The quantitative estimate of drug-likeness (QED) is 0.162. The van der Waals surface area contributed by atoms with Crippen molar-refractivity contribution in [2.45, 2.75) is 0 Å². The average Bonchev–Trinajstić information content (AvgIpc) is 3.87. The van der Waals surface area contributed by atoms with Crippen molar-refractivity contribution in [1.82, 2.24) is 24.1 Å². The van der Waals surface area contributed by atoms with Crippen molar-refractivity contribution < 1.29 is 0 Å². The second-order valence-corrected chi connectivity index (χ2v) is 15.6. The molecule has 0 aliphatic carbocycles. The minimum Gasteiger partial charge on any atom is -0.309 e. The lowest BCUT2D eigenvalue weighted by molar-refractivity contribution is 1.07. The molecule has 0 radical (unpaired) electrons. The van der Waals surface area contributed by atoms with Crippen molar-refractivity contribution in [3.63, 3.8) is 0 Å². The normalized spacial score (nSPS) is 11.5. The molecule has 12 aromatic rings. The van der Waals surface area contributed by atoms with Gasteiger partial charge in [0.05, 0.1) is 27.8 Å².